The lowest BCUT2D eigenvalue weighted by Crippen LogP contribution is -2.63. The molecule has 1 unspecified atom stereocenters. The van der Waals surface area contributed by atoms with E-state index in [0.717, 1.165) is 30.8 Å². The summed E-state index contributed by atoms with van der Waals surface area (Å²) in [5.74, 6) is -1.35. The number of aromatic nitrogens is 2. The molecule has 2 aromatic heterocycles. The number of hydrogen-bond acceptors (Lipinski definition) is 12. The Balaban J connectivity index is 1.22. The van der Waals surface area contributed by atoms with E-state index < -0.39 is 74.4 Å². The molecule has 0 bridgehead atoms. The number of carbonyl (C=O) groups excluding carboxylic acids is 3. The maximum absolute atomic E-state index is 15.4. The average Bonchev–Trinajstić information content (AvgIpc) is 3.52. The van der Waals surface area contributed by atoms with Gasteiger partial charge in [-0.25, -0.2) is 28.0 Å². The number of nitrogens with zero attached hydrogens (tertiary/aromatic N) is 4. The molecule has 4 heterocycles. The van der Waals surface area contributed by atoms with Crippen LogP contribution in [0.3, 0.4) is 0 Å². The van der Waals surface area contributed by atoms with Gasteiger partial charge in [0.25, 0.3) is 0 Å². The number of sulfonamides is 1. The normalized spacial score (nSPS) is 24.9. The molecule has 2 saturated carbocycles. The van der Waals surface area contributed by atoms with Crippen LogP contribution in [0.2, 0.25) is 0 Å². The zero-order chi connectivity index (χ0) is 47.8. The third kappa shape index (κ3) is 10.7. The van der Waals surface area contributed by atoms with Gasteiger partial charge in [-0.1, -0.05) is 60.3 Å². The molecule has 4 aliphatic rings. The molecule has 2 aliphatic carbocycles. The van der Waals surface area contributed by atoms with Crippen LogP contribution < -0.4 is 30.7 Å². The number of fused-ring (bicyclic) bond motifs is 1. The lowest BCUT2D eigenvalue weighted by atomic mass is 9.70. The van der Waals surface area contributed by atoms with E-state index in [9.17, 15) is 27.9 Å². The quantitative estimate of drug-likeness (QED) is 0.106. The smallest absolute Gasteiger partial charge is 0.329 e. The van der Waals surface area contributed by atoms with Crippen molar-refractivity contribution in [2.24, 2.45) is 16.7 Å². The number of amides is 4. The highest BCUT2D eigenvalue weighted by Crippen LogP contribution is 2.47. The highest BCUT2D eigenvalue weighted by Gasteiger charge is 2.62. The predicted octanol–water partition coefficient (Wildman–Crippen LogP) is 6.38. The van der Waals surface area contributed by atoms with Gasteiger partial charge in [0.15, 0.2) is 5.13 Å². The molecule has 19 heteroatoms. The van der Waals surface area contributed by atoms with E-state index in [1.54, 1.807) is 25.3 Å². The van der Waals surface area contributed by atoms with Gasteiger partial charge in [0.05, 0.1) is 30.6 Å². The van der Waals surface area contributed by atoms with E-state index in [4.69, 9.17) is 19.4 Å². The maximum Gasteiger partial charge on any atom is 0.329 e. The number of urea groups is 1. The van der Waals surface area contributed by atoms with Crippen LogP contribution in [0.25, 0.3) is 22.3 Å². The minimum absolute atomic E-state index is 0.0318. The van der Waals surface area contributed by atoms with Crippen molar-refractivity contribution in [2.75, 3.05) is 37.8 Å². The number of benzene rings is 1. The number of ether oxygens (including phenoxy) is 2. The first-order chi connectivity index (χ1) is 31.2. The molecule has 7 rings (SSSR count). The van der Waals surface area contributed by atoms with Crippen molar-refractivity contribution in [2.45, 2.75) is 148 Å². The molecule has 3 aromatic rings. The lowest BCUT2D eigenvalue weighted by Gasteiger charge is -2.43. The number of carbonyl (C=O) groups is 4. The Morgan fingerprint density at radius 3 is 2.39 bits per heavy atom. The minimum atomic E-state index is -3.49. The standard InChI is InChI=1S/C47H68N8O9S2/c1-9-29-24-47(29,42(58)59)53-40(56)36-22-31(64-37-23-34(35-27-65-44(50-35)48-28(2)3)49-33-21-30(63-8)15-16-32(33)37)25-55(36)41(57)39(46(7)17-11-10-12-18-46)52-43(60)51-38(45(4,5)6)26-54-19-13-14-20-66(54,61)62/h15-16,21,23,27-29,31,36,38-39H,9-14,17-20,22,24-26H2,1-8H3,(H,48,50)(H,53,56)(H,58,59)(H2,51,52,60)/t29?,31-,36+,38-,39-,47-/m1/s1. The van der Waals surface area contributed by atoms with Crippen molar-refractivity contribution in [3.8, 4) is 22.9 Å². The molecular formula is C47H68N8O9S2. The monoisotopic (exact) mass is 952 g/mol. The lowest BCUT2D eigenvalue weighted by molar-refractivity contribution is -0.146. The highest BCUT2D eigenvalue weighted by molar-refractivity contribution is 7.89. The molecule has 2 aliphatic heterocycles. The molecular weight excluding hydrogens is 885 g/mol. The van der Waals surface area contributed by atoms with Crippen LogP contribution in [-0.2, 0) is 24.4 Å². The number of carboxylic acid groups (broad SMARTS) is 1. The first kappa shape index (κ1) is 49.2. The SMILES string of the molecule is CCC1C[C@]1(NC(=O)[C@@H]1C[C@@H](Oc2cc(-c3csc(NC(C)C)n3)nc3cc(OC)ccc23)CN1C(=O)[C@@H](NC(=O)N[C@H](CN1CCCCS1(=O)=O)C(C)(C)C)C1(C)CCCCC1)C(=O)O. The number of hydrogen-bond donors (Lipinski definition) is 5. The molecule has 2 saturated heterocycles. The third-order valence-electron chi connectivity index (χ3n) is 14.0. The Bertz CT molecular complexity index is 2400. The molecule has 6 atom stereocenters. The van der Waals surface area contributed by atoms with Crippen LogP contribution in [0.4, 0.5) is 9.93 Å². The van der Waals surface area contributed by atoms with Crippen molar-refractivity contribution < 1.29 is 42.2 Å². The van der Waals surface area contributed by atoms with Crippen LogP contribution in [0, 0.1) is 16.7 Å². The topological polar surface area (TPSA) is 221 Å². The van der Waals surface area contributed by atoms with E-state index in [1.807, 2.05) is 59.9 Å². The van der Waals surface area contributed by atoms with Crippen LogP contribution >= 0.6 is 11.3 Å². The molecule has 5 N–H and O–H groups in total. The number of nitrogens with one attached hydrogen (secondary N) is 4. The highest BCUT2D eigenvalue weighted by atomic mass is 32.2. The Labute approximate surface area is 392 Å². The summed E-state index contributed by atoms with van der Waals surface area (Å²) >= 11 is 1.46. The van der Waals surface area contributed by atoms with Gasteiger partial charge in [-0.3, -0.25) is 9.59 Å². The van der Waals surface area contributed by atoms with Crippen molar-refractivity contribution in [1.29, 1.82) is 0 Å². The summed E-state index contributed by atoms with van der Waals surface area (Å²) in [4.78, 5) is 68.1. The summed E-state index contributed by atoms with van der Waals surface area (Å²) in [7, 11) is -1.91. The molecule has 1 aromatic carbocycles. The fourth-order valence-corrected chi connectivity index (χ4v) is 12.3. The first-order valence-corrected chi connectivity index (χ1v) is 25.9. The average molecular weight is 953 g/mol. The second kappa shape index (κ2) is 19.5. The molecule has 66 heavy (non-hydrogen) atoms. The Morgan fingerprint density at radius 1 is 1.02 bits per heavy atom. The molecule has 17 nitrogen and oxygen atoms in total. The van der Waals surface area contributed by atoms with Crippen LogP contribution in [0.15, 0.2) is 29.6 Å². The zero-order valence-electron chi connectivity index (χ0n) is 39.6. The fourth-order valence-electron chi connectivity index (χ4n) is 9.85. The third-order valence-corrected chi connectivity index (χ3v) is 16.7. The summed E-state index contributed by atoms with van der Waals surface area (Å²) in [5.41, 5.74) is -0.918. The minimum Gasteiger partial charge on any atom is -0.497 e. The number of pyridine rings is 1. The molecule has 4 amide bonds. The number of thiazole rings is 1. The van der Waals surface area contributed by atoms with Crippen LogP contribution in [-0.4, -0.2) is 125 Å². The number of aliphatic carboxylic acids is 1. The van der Waals surface area contributed by atoms with Crippen LogP contribution in [0.5, 0.6) is 11.5 Å². The summed E-state index contributed by atoms with van der Waals surface area (Å²) < 4.78 is 39.9. The van der Waals surface area contributed by atoms with Crippen molar-refractivity contribution in [1.82, 2.24) is 35.1 Å². The van der Waals surface area contributed by atoms with Crippen molar-refractivity contribution >= 4 is 61.2 Å². The van der Waals surface area contributed by atoms with Gasteiger partial charge < -0.3 is 40.7 Å². The van der Waals surface area contributed by atoms with Gasteiger partial charge in [-0.2, -0.15) is 4.31 Å². The molecule has 362 valence electrons. The summed E-state index contributed by atoms with van der Waals surface area (Å²) in [6.07, 6.45) is 5.41. The molecule has 0 spiro atoms. The van der Waals surface area contributed by atoms with E-state index in [0.29, 0.717) is 66.0 Å². The second-order valence-corrected chi connectivity index (χ2v) is 23.3. The summed E-state index contributed by atoms with van der Waals surface area (Å²) in [6.45, 7) is 14.2. The number of anilines is 1. The number of carboxylic acids is 1. The second-order valence-electron chi connectivity index (χ2n) is 20.3. The van der Waals surface area contributed by atoms with E-state index in [-0.39, 0.29) is 43.6 Å². The first-order valence-electron chi connectivity index (χ1n) is 23.4. The van der Waals surface area contributed by atoms with Crippen molar-refractivity contribution in [3.63, 3.8) is 0 Å². The largest absolute Gasteiger partial charge is 0.497 e. The zero-order valence-corrected chi connectivity index (χ0v) is 41.2. The number of methoxy groups -OCH3 is 1. The summed E-state index contributed by atoms with van der Waals surface area (Å²) in [6, 6.07) is 4.01. The maximum atomic E-state index is 15.4. The van der Waals surface area contributed by atoms with Gasteiger partial charge in [0, 0.05) is 54.5 Å². The number of rotatable bonds is 16. The van der Waals surface area contributed by atoms with E-state index >= 15 is 4.79 Å². The van der Waals surface area contributed by atoms with E-state index in [1.165, 1.54) is 20.5 Å². The predicted molar refractivity (Wildman–Crippen MR) is 254 cm³/mol. The van der Waals surface area contributed by atoms with Gasteiger partial charge in [-0.15, -0.1) is 11.3 Å². The van der Waals surface area contributed by atoms with Gasteiger partial charge in [-0.05, 0) is 74.8 Å². The Kier molecular flexibility index (Phi) is 14.5. The molecule has 4 fully saturated rings. The van der Waals surface area contributed by atoms with Crippen LogP contribution in [0.1, 0.15) is 113 Å². The van der Waals surface area contributed by atoms with E-state index in [2.05, 4.69) is 21.3 Å². The Hall–Kier alpha value is -4.75. The van der Waals surface area contributed by atoms with Gasteiger partial charge in [0.2, 0.25) is 21.8 Å². The van der Waals surface area contributed by atoms with Gasteiger partial charge in [0.1, 0.15) is 40.9 Å². The summed E-state index contributed by atoms with van der Waals surface area (Å²) in [5, 5.41) is 25.9. The molecule has 0 radical (unpaired) electrons. The fraction of sp³-hybridized carbons (Fsp3) is 0.660. The Morgan fingerprint density at radius 2 is 1.76 bits per heavy atom. The van der Waals surface area contributed by atoms with Gasteiger partial charge >= 0.3 is 12.0 Å². The number of likely N-dealkylation sites (tertiary alicyclic amines) is 1. The van der Waals surface area contributed by atoms with Crippen molar-refractivity contribution in [3.05, 3.63) is 29.6 Å².